The Morgan fingerprint density at radius 2 is 0.955 bits per heavy atom. The zero-order chi connectivity index (χ0) is 29.4. The molecule has 0 saturated carbocycles. The molecule has 44 heavy (non-hydrogen) atoms. The molecule has 2 heterocycles. The Morgan fingerprint density at radius 3 is 1.64 bits per heavy atom. The van der Waals surface area contributed by atoms with E-state index in [0.29, 0.717) is 16.9 Å². The van der Waals surface area contributed by atoms with E-state index >= 15 is 0 Å². The molecule has 9 rings (SSSR count). The maximum atomic E-state index is 14.2. The van der Waals surface area contributed by atoms with Gasteiger partial charge in [0.2, 0.25) is 0 Å². The number of fused-ring (bicyclic) bond motifs is 12. The Morgan fingerprint density at radius 1 is 0.432 bits per heavy atom. The van der Waals surface area contributed by atoms with Gasteiger partial charge in [0.15, 0.2) is 5.65 Å². The number of aromatic nitrogens is 3. The van der Waals surface area contributed by atoms with Crippen LogP contribution in [0.15, 0.2) is 149 Å². The molecule has 9 aromatic rings. The first-order chi connectivity index (χ1) is 21.7. The van der Waals surface area contributed by atoms with Gasteiger partial charge in [-0.25, -0.2) is 18.6 Å². The highest BCUT2D eigenvalue weighted by atomic mass is 16.2. The monoisotopic (exact) mass is 565 g/mol. The van der Waals surface area contributed by atoms with Crippen LogP contribution in [-0.4, -0.2) is 14.0 Å². The van der Waals surface area contributed by atoms with Crippen molar-refractivity contribution in [3.8, 4) is 16.8 Å². The second kappa shape index (κ2) is 9.21. The van der Waals surface area contributed by atoms with Crippen LogP contribution in [0.2, 0.25) is 0 Å². The Bertz CT molecular complexity index is 2740. The molecule has 5 heteroatoms. The highest BCUT2D eigenvalue weighted by Gasteiger charge is 2.17. The summed E-state index contributed by atoms with van der Waals surface area (Å²) >= 11 is 0. The molecule has 7 aromatic carbocycles. The molecule has 0 saturated heterocycles. The summed E-state index contributed by atoms with van der Waals surface area (Å²) in [4.78, 5) is 32.2. The molecular weight excluding hydrogens is 542 g/mol. The van der Waals surface area contributed by atoms with E-state index in [2.05, 4.69) is 71.7 Å². The third-order valence-electron chi connectivity index (χ3n) is 8.77. The highest BCUT2D eigenvalue weighted by molar-refractivity contribution is 6.25. The van der Waals surface area contributed by atoms with Gasteiger partial charge in [-0.05, 0) is 73.1 Å². The van der Waals surface area contributed by atoms with Gasteiger partial charge in [-0.1, -0.05) is 115 Å². The SMILES string of the molecule is O=c1nc2c3ccccc3c3ccccc3n2c(=O)n1-c1cccc(-c2ccc3c4ccccc4c4ccccc4c3c2)c1. The van der Waals surface area contributed by atoms with Crippen LogP contribution in [0.3, 0.4) is 0 Å². The van der Waals surface area contributed by atoms with Crippen molar-refractivity contribution in [1.82, 2.24) is 14.0 Å². The molecule has 0 fully saturated rings. The Kier molecular flexibility index (Phi) is 5.14. The first-order valence-corrected chi connectivity index (χ1v) is 14.6. The minimum Gasteiger partial charge on any atom is -0.247 e. The van der Waals surface area contributed by atoms with Crippen molar-refractivity contribution in [3.63, 3.8) is 0 Å². The quantitative estimate of drug-likeness (QED) is 0.198. The van der Waals surface area contributed by atoms with Crippen molar-refractivity contribution < 1.29 is 0 Å². The summed E-state index contributed by atoms with van der Waals surface area (Å²) < 4.78 is 2.72. The molecule has 0 N–H and O–H groups in total. The maximum absolute atomic E-state index is 14.2. The number of nitrogens with zero attached hydrogens (tertiary/aromatic N) is 3. The van der Waals surface area contributed by atoms with E-state index in [1.807, 2.05) is 66.7 Å². The van der Waals surface area contributed by atoms with E-state index in [0.717, 1.165) is 32.7 Å². The van der Waals surface area contributed by atoms with Crippen LogP contribution in [0.1, 0.15) is 0 Å². The standard InChI is InChI=1S/C39H23N3O2/c43-38-40-37-34-18-6-5-16-31(34)33-17-7-8-19-36(33)42(37)39(44)41(38)26-11-9-10-24(22-26)25-20-21-32-29-14-2-1-12-27(29)28-13-3-4-15-30(28)35(32)23-25/h1-23H. The van der Waals surface area contributed by atoms with Gasteiger partial charge >= 0.3 is 11.4 Å². The van der Waals surface area contributed by atoms with Crippen LogP contribution in [0, 0.1) is 0 Å². The van der Waals surface area contributed by atoms with E-state index in [1.54, 1.807) is 10.5 Å². The van der Waals surface area contributed by atoms with E-state index in [-0.39, 0.29) is 0 Å². The van der Waals surface area contributed by atoms with Gasteiger partial charge in [0.25, 0.3) is 0 Å². The summed E-state index contributed by atoms with van der Waals surface area (Å²) in [6.45, 7) is 0. The number of pyridine rings is 1. The van der Waals surface area contributed by atoms with Gasteiger partial charge in [-0.3, -0.25) is 0 Å². The van der Waals surface area contributed by atoms with Gasteiger partial charge in [0.05, 0.1) is 11.2 Å². The average Bonchev–Trinajstić information content (AvgIpc) is 3.08. The number of para-hydroxylation sites is 1. The minimum absolute atomic E-state index is 0.357. The van der Waals surface area contributed by atoms with Gasteiger partial charge in [0.1, 0.15) is 0 Å². The molecule has 0 atom stereocenters. The van der Waals surface area contributed by atoms with Crippen molar-refractivity contribution in [2.75, 3.05) is 0 Å². The van der Waals surface area contributed by atoms with Crippen LogP contribution >= 0.6 is 0 Å². The predicted molar refractivity (Wildman–Crippen MR) is 180 cm³/mol. The van der Waals surface area contributed by atoms with Gasteiger partial charge in [-0.15, -0.1) is 0 Å². The van der Waals surface area contributed by atoms with Crippen molar-refractivity contribution in [2.45, 2.75) is 0 Å². The molecule has 0 unspecified atom stereocenters. The third kappa shape index (κ3) is 3.44. The van der Waals surface area contributed by atoms with Crippen LogP contribution in [0.25, 0.3) is 76.5 Å². The Balaban J connectivity index is 1.29. The highest BCUT2D eigenvalue weighted by Crippen LogP contribution is 2.37. The zero-order valence-corrected chi connectivity index (χ0v) is 23.4. The van der Waals surface area contributed by atoms with E-state index in [4.69, 9.17) is 0 Å². The fourth-order valence-electron chi connectivity index (χ4n) is 6.80. The predicted octanol–water partition coefficient (Wildman–Crippen LogP) is 8.28. The molecule has 0 aliphatic heterocycles. The molecule has 206 valence electrons. The first kappa shape index (κ1) is 24.5. The molecule has 0 radical (unpaired) electrons. The lowest BCUT2D eigenvalue weighted by Gasteiger charge is -2.14. The molecule has 0 amide bonds. The largest absolute Gasteiger partial charge is 0.358 e. The third-order valence-corrected chi connectivity index (χ3v) is 8.77. The minimum atomic E-state index is -0.608. The van der Waals surface area contributed by atoms with E-state index in [9.17, 15) is 9.59 Å². The zero-order valence-electron chi connectivity index (χ0n) is 23.4. The van der Waals surface area contributed by atoms with E-state index in [1.165, 1.54) is 31.5 Å². The second-order valence-electron chi connectivity index (χ2n) is 11.1. The van der Waals surface area contributed by atoms with Crippen molar-refractivity contribution in [3.05, 3.63) is 160 Å². The number of rotatable bonds is 2. The smallest absolute Gasteiger partial charge is 0.247 e. The Labute approximate surface area is 250 Å². The van der Waals surface area contributed by atoms with Gasteiger partial charge in [-0.2, -0.15) is 4.98 Å². The molecular formula is C39H23N3O2. The topological polar surface area (TPSA) is 56.4 Å². The summed E-state index contributed by atoms with van der Waals surface area (Å²) in [5.74, 6) is 0. The number of hydrogen-bond donors (Lipinski definition) is 0. The Hall–Kier alpha value is -6.07. The van der Waals surface area contributed by atoms with Crippen molar-refractivity contribution in [2.24, 2.45) is 0 Å². The number of hydrogen-bond acceptors (Lipinski definition) is 3. The molecule has 0 aliphatic rings. The molecule has 0 bridgehead atoms. The van der Waals surface area contributed by atoms with Crippen molar-refractivity contribution in [1.29, 1.82) is 0 Å². The lowest BCUT2D eigenvalue weighted by atomic mass is 9.92. The van der Waals surface area contributed by atoms with Crippen LogP contribution < -0.4 is 11.4 Å². The summed E-state index contributed by atoms with van der Waals surface area (Å²) in [5, 5.41) is 9.82. The average molecular weight is 566 g/mol. The van der Waals surface area contributed by atoms with Crippen LogP contribution in [0.5, 0.6) is 0 Å². The fraction of sp³-hybridized carbons (Fsp3) is 0. The van der Waals surface area contributed by atoms with Crippen molar-refractivity contribution >= 4 is 59.6 Å². The van der Waals surface area contributed by atoms with Gasteiger partial charge < -0.3 is 0 Å². The second-order valence-corrected chi connectivity index (χ2v) is 11.1. The fourth-order valence-corrected chi connectivity index (χ4v) is 6.80. The van der Waals surface area contributed by atoms with Crippen LogP contribution in [0.4, 0.5) is 0 Å². The summed E-state index contributed by atoms with van der Waals surface area (Å²) in [6, 6.07) is 46.5. The first-order valence-electron chi connectivity index (χ1n) is 14.6. The molecule has 2 aromatic heterocycles. The van der Waals surface area contributed by atoms with Gasteiger partial charge in [0, 0.05) is 10.8 Å². The summed E-state index contributed by atoms with van der Waals surface area (Å²) in [6.07, 6.45) is 0. The summed E-state index contributed by atoms with van der Waals surface area (Å²) in [5.41, 5.74) is 2.38. The molecule has 5 nitrogen and oxygen atoms in total. The lowest BCUT2D eigenvalue weighted by molar-refractivity contribution is 0.810. The lowest BCUT2D eigenvalue weighted by Crippen LogP contribution is -2.38. The van der Waals surface area contributed by atoms with Crippen LogP contribution in [-0.2, 0) is 0 Å². The molecule has 0 spiro atoms. The summed E-state index contributed by atoms with van der Waals surface area (Å²) in [7, 11) is 0. The van der Waals surface area contributed by atoms with E-state index < -0.39 is 11.4 Å². The molecule has 0 aliphatic carbocycles. The maximum Gasteiger partial charge on any atom is 0.358 e. The normalized spacial score (nSPS) is 11.8. The number of benzene rings is 7.